The number of nitrogens with one attached hydrogen (secondary N) is 1. The maximum Gasteiger partial charge on any atom is 0.294 e. The number of benzene rings is 2. The molecular weight excluding hydrogens is 484 g/mol. The molecule has 0 aromatic heterocycles. The number of rotatable bonds is 6. The lowest BCUT2D eigenvalue weighted by Gasteiger charge is -2.14. The lowest BCUT2D eigenvalue weighted by Crippen LogP contribution is -2.36. The molecule has 2 aromatic carbocycles. The van der Waals surface area contributed by atoms with Crippen LogP contribution in [0.25, 0.3) is 6.08 Å². The number of ether oxygens (including phenoxy) is 1. The molecule has 0 saturated carbocycles. The molecule has 1 heterocycles. The number of carbonyl (C=O) groups is 3. The van der Waals surface area contributed by atoms with E-state index in [0.29, 0.717) is 22.3 Å². The van der Waals surface area contributed by atoms with Crippen molar-refractivity contribution in [1.29, 1.82) is 0 Å². The van der Waals surface area contributed by atoms with Gasteiger partial charge in [0, 0.05) is 5.69 Å². The van der Waals surface area contributed by atoms with Gasteiger partial charge in [-0.25, -0.2) is 0 Å². The van der Waals surface area contributed by atoms with Crippen molar-refractivity contribution in [1.82, 2.24) is 4.90 Å². The minimum absolute atomic E-state index is 0.0461. The summed E-state index contributed by atoms with van der Waals surface area (Å²) in [6.07, 6.45) is 1.53. The second kappa shape index (κ2) is 9.57. The molecule has 0 unspecified atom stereocenters. The highest BCUT2D eigenvalue weighted by Gasteiger charge is 2.36. The van der Waals surface area contributed by atoms with E-state index in [2.05, 4.69) is 21.2 Å². The van der Waals surface area contributed by atoms with Crippen molar-refractivity contribution in [3.63, 3.8) is 0 Å². The van der Waals surface area contributed by atoms with Crippen LogP contribution in [0.5, 0.6) is 11.5 Å². The average molecular weight is 505 g/mol. The van der Waals surface area contributed by atoms with Crippen molar-refractivity contribution in [2.24, 2.45) is 0 Å². The molecule has 0 aliphatic carbocycles. The van der Waals surface area contributed by atoms with E-state index in [-0.39, 0.29) is 22.9 Å². The summed E-state index contributed by atoms with van der Waals surface area (Å²) in [4.78, 5) is 38.6. The predicted octanol–water partition coefficient (Wildman–Crippen LogP) is 4.85. The highest BCUT2D eigenvalue weighted by atomic mass is 79.9. The summed E-state index contributed by atoms with van der Waals surface area (Å²) >= 11 is 4.01. The lowest BCUT2D eigenvalue weighted by molar-refractivity contribution is -0.127. The van der Waals surface area contributed by atoms with E-state index in [9.17, 15) is 19.5 Å². The van der Waals surface area contributed by atoms with Crippen molar-refractivity contribution in [2.45, 2.75) is 20.8 Å². The van der Waals surface area contributed by atoms with Crippen LogP contribution in [0.4, 0.5) is 10.5 Å². The third kappa shape index (κ3) is 5.11. The minimum Gasteiger partial charge on any atom is -0.503 e. The van der Waals surface area contributed by atoms with Gasteiger partial charge < -0.3 is 15.2 Å². The molecule has 0 radical (unpaired) electrons. The number of anilines is 1. The summed E-state index contributed by atoms with van der Waals surface area (Å²) < 4.78 is 5.79. The second-order valence-corrected chi connectivity index (χ2v) is 8.69. The van der Waals surface area contributed by atoms with E-state index >= 15 is 0 Å². The number of hydrogen-bond donors (Lipinski definition) is 2. The summed E-state index contributed by atoms with van der Waals surface area (Å²) in [6.45, 7) is 5.59. The number of phenolic OH excluding ortho intramolecular Hbond substituents is 1. The summed E-state index contributed by atoms with van der Waals surface area (Å²) in [5.41, 5.74) is 3.16. The van der Waals surface area contributed by atoms with Gasteiger partial charge in [0.05, 0.1) is 16.0 Å². The van der Waals surface area contributed by atoms with Gasteiger partial charge in [-0.3, -0.25) is 19.3 Å². The molecule has 9 heteroatoms. The highest BCUT2D eigenvalue weighted by Crippen LogP contribution is 2.38. The normalized spacial score (nSPS) is 15.0. The van der Waals surface area contributed by atoms with E-state index in [1.165, 1.54) is 6.08 Å². The zero-order valence-corrected chi connectivity index (χ0v) is 19.6. The molecule has 1 aliphatic rings. The molecule has 3 rings (SSSR count). The van der Waals surface area contributed by atoms with Crippen molar-refractivity contribution >= 4 is 56.5 Å². The first-order chi connectivity index (χ1) is 14.7. The van der Waals surface area contributed by atoms with Crippen LogP contribution in [0.15, 0.2) is 39.7 Å². The highest BCUT2D eigenvalue weighted by molar-refractivity contribution is 9.10. The molecule has 1 fully saturated rings. The fourth-order valence-corrected chi connectivity index (χ4v) is 4.25. The first kappa shape index (κ1) is 22.9. The van der Waals surface area contributed by atoms with Crippen molar-refractivity contribution < 1.29 is 24.2 Å². The largest absolute Gasteiger partial charge is 0.503 e. The van der Waals surface area contributed by atoms with Crippen LogP contribution in [0.3, 0.4) is 0 Å². The van der Waals surface area contributed by atoms with Gasteiger partial charge >= 0.3 is 0 Å². The minimum atomic E-state index is -0.548. The van der Waals surface area contributed by atoms with Crippen LogP contribution < -0.4 is 10.1 Å². The van der Waals surface area contributed by atoms with E-state index in [1.54, 1.807) is 25.1 Å². The molecule has 3 amide bonds. The van der Waals surface area contributed by atoms with Crippen molar-refractivity contribution in [3.8, 4) is 11.5 Å². The average Bonchev–Trinajstić information content (AvgIpc) is 2.97. The number of hydrogen-bond acceptors (Lipinski definition) is 6. The fourth-order valence-electron chi connectivity index (χ4n) is 2.95. The molecule has 1 aliphatic heterocycles. The van der Waals surface area contributed by atoms with E-state index in [1.807, 2.05) is 26.0 Å². The first-order valence-corrected chi connectivity index (χ1v) is 11.1. The maximum absolute atomic E-state index is 12.7. The summed E-state index contributed by atoms with van der Waals surface area (Å²) in [5.74, 6) is -0.790. The maximum atomic E-state index is 12.7. The van der Waals surface area contributed by atoms with Crippen LogP contribution in [0.1, 0.15) is 23.6 Å². The molecule has 31 heavy (non-hydrogen) atoms. The number of amides is 3. The summed E-state index contributed by atoms with van der Waals surface area (Å²) in [7, 11) is 0. The number of imide groups is 1. The van der Waals surface area contributed by atoms with E-state index in [0.717, 1.165) is 27.8 Å². The van der Waals surface area contributed by atoms with Gasteiger partial charge in [-0.1, -0.05) is 12.1 Å². The quantitative estimate of drug-likeness (QED) is 0.546. The third-order valence-corrected chi connectivity index (χ3v) is 6.21. The molecule has 2 N–H and O–H groups in total. The zero-order valence-electron chi connectivity index (χ0n) is 17.2. The Bertz CT molecular complexity index is 1100. The van der Waals surface area contributed by atoms with Gasteiger partial charge in [0.2, 0.25) is 5.91 Å². The Morgan fingerprint density at radius 3 is 2.74 bits per heavy atom. The SMILES string of the molecule is CCOc1cc(/C=C2/SC(=O)N(CC(=O)Nc3cccc(C)c3C)C2=O)cc(Br)c1O. The molecule has 0 atom stereocenters. The summed E-state index contributed by atoms with van der Waals surface area (Å²) in [6, 6.07) is 8.72. The summed E-state index contributed by atoms with van der Waals surface area (Å²) in [5, 5.41) is 12.3. The third-order valence-electron chi connectivity index (χ3n) is 4.70. The van der Waals surface area contributed by atoms with Crippen LogP contribution in [0.2, 0.25) is 0 Å². The predicted molar refractivity (Wildman–Crippen MR) is 124 cm³/mol. The zero-order chi connectivity index (χ0) is 22.7. The van der Waals surface area contributed by atoms with E-state index < -0.39 is 17.1 Å². The molecule has 162 valence electrons. The smallest absolute Gasteiger partial charge is 0.294 e. The Balaban J connectivity index is 1.76. The number of halogens is 1. The van der Waals surface area contributed by atoms with Crippen molar-refractivity contribution in [3.05, 3.63) is 56.4 Å². The number of carbonyl (C=O) groups excluding carboxylic acids is 3. The molecule has 7 nitrogen and oxygen atoms in total. The number of nitrogens with zero attached hydrogens (tertiary/aromatic N) is 1. The fraction of sp³-hybridized carbons (Fsp3) is 0.227. The number of aromatic hydroxyl groups is 1. The van der Waals surface area contributed by atoms with Gasteiger partial charge in [0.15, 0.2) is 11.5 Å². The van der Waals surface area contributed by atoms with Gasteiger partial charge in [0.25, 0.3) is 11.1 Å². The van der Waals surface area contributed by atoms with Crippen LogP contribution in [-0.4, -0.2) is 40.2 Å². The van der Waals surface area contributed by atoms with Gasteiger partial charge in [-0.05, 0) is 89.4 Å². The van der Waals surface area contributed by atoms with Crippen LogP contribution in [0, 0.1) is 13.8 Å². The Kier molecular flexibility index (Phi) is 7.07. The Morgan fingerprint density at radius 1 is 1.29 bits per heavy atom. The molecule has 1 saturated heterocycles. The number of phenols is 1. The second-order valence-electron chi connectivity index (χ2n) is 6.85. The van der Waals surface area contributed by atoms with Crippen LogP contribution in [-0.2, 0) is 9.59 Å². The van der Waals surface area contributed by atoms with E-state index in [4.69, 9.17) is 4.74 Å². The van der Waals surface area contributed by atoms with Gasteiger partial charge in [0.1, 0.15) is 6.54 Å². The lowest BCUT2D eigenvalue weighted by atomic mass is 10.1. The number of thioether (sulfide) groups is 1. The standard InChI is InChI=1S/C22H21BrN2O5S/c1-4-30-17-9-14(8-15(23)20(17)27)10-18-21(28)25(22(29)31-18)11-19(26)24-16-7-5-6-12(2)13(16)3/h5-10,27H,4,11H2,1-3H3,(H,24,26)/b18-10+. The van der Waals surface area contributed by atoms with Gasteiger partial charge in [-0.2, -0.15) is 0 Å². The number of aryl methyl sites for hydroxylation is 1. The Labute approximate surface area is 192 Å². The Morgan fingerprint density at radius 2 is 2.03 bits per heavy atom. The van der Waals surface area contributed by atoms with Crippen LogP contribution >= 0.6 is 27.7 Å². The Hall–Kier alpha value is -2.78. The molecule has 2 aromatic rings. The molecular formula is C22H21BrN2O5S. The topological polar surface area (TPSA) is 95.9 Å². The van der Waals surface area contributed by atoms with Crippen molar-refractivity contribution in [2.75, 3.05) is 18.5 Å². The van der Waals surface area contributed by atoms with Gasteiger partial charge in [-0.15, -0.1) is 0 Å². The first-order valence-electron chi connectivity index (χ1n) is 9.48. The molecule has 0 spiro atoms. The monoisotopic (exact) mass is 504 g/mol. The molecule has 0 bridgehead atoms.